The number of aryl methyl sites for hydroxylation is 1. The summed E-state index contributed by atoms with van der Waals surface area (Å²) in [6.45, 7) is 9.53. The second-order valence-electron chi connectivity index (χ2n) is 12.9. The van der Waals surface area contributed by atoms with Crippen LogP contribution in [0.25, 0.3) is 44.2 Å². The lowest BCUT2D eigenvalue weighted by Gasteiger charge is -2.27. The van der Waals surface area contributed by atoms with E-state index in [0.717, 1.165) is 19.3 Å². The van der Waals surface area contributed by atoms with E-state index in [9.17, 15) is 0 Å². The highest BCUT2D eigenvalue weighted by Crippen LogP contribution is 2.55. The lowest BCUT2D eigenvalue weighted by Crippen LogP contribution is -2.18. The number of nitrogens with zero attached hydrogens (tertiary/aromatic N) is 1. The first-order valence-corrected chi connectivity index (χ1v) is 15.4. The number of fused-ring (bicyclic) bond motifs is 6. The summed E-state index contributed by atoms with van der Waals surface area (Å²) in [5.41, 5.74) is 16.9. The number of rotatable bonds is 3. The van der Waals surface area contributed by atoms with Crippen LogP contribution in [-0.2, 0) is 5.41 Å². The van der Waals surface area contributed by atoms with Crippen molar-refractivity contribution in [2.75, 3.05) is 0 Å². The third-order valence-corrected chi connectivity index (χ3v) is 10.3. The Bertz CT molecular complexity index is 2040. The molecule has 0 bridgehead atoms. The molecule has 0 N–H and O–H groups in total. The van der Waals surface area contributed by atoms with Crippen LogP contribution in [-0.4, -0.2) is 4.57 Å². The predicted octanol–water partition coefficient (Wildman–Crippen LogP) is 11.1. The maximum atomic E-state index is 2.53. The summed E-state index contributed by atoms with van der Waals surface area (Å²) in [6, 6.07) is 29.4. The van der Waals surface area contributed by atoms with Crippen LogP contribution in [0.3, 0.4) is 0 Å². The number of hydrogen-bond donors (Lipinski definition) is 0. The van der Waals surface area contributed by atoms with Gasteiger partial charge >= 0.3 is 0 Å². The van der Waals surface area contributed by atoms with Crippen molar-refractivity contribution in [3.63, 3.8) is 0 Å². The molecule has 5 aromatic rings. The van der Waals surface area contributed by atoms with Gasteiger partial charge in [-0.3, -0.25) is 0 Å². The molecule has 206 valence electrons. The summed E-state index contributed by atoms with van der Waals surface area (Å²) in [5, 5.41) is 2.71. The van der Waals surface area contributed by atoms with Gasteiger partial charge in [0.25, 0.3) is 0 Å². The normalized spacial score (nSPS) is 19.0. The maximum Gasteiger partial charge on any atom is 0.0544 e. The Kier molecular flexibility index (Phi) is 5.63. The first-order chi connectivity index (χ1) is 20.4. The molecule has 0 radical (unpaired) electrons. The molecular formula is C41H37N. The van der Waals surface area contributed by atoms with E-state index in [1.165, 1.54) is 72.0 Å². The Morgan fingerprint density at radius 3 is 2.38 bits per heavy atom. The van der Waals surface area contributed by atoms with E-state index in [4.69, 9.17) is 0 Å². The highest BCUT2D eigenvalue weighted by molar-refractivity contribution is 6.17. The van der Waals surface area contributed by atoms with E-state index < -0.39 is 0 Å². The van der Waals surface area contributed by atoms with Gasteiger partial charge in [0.1, 0.15) is 0 Å². The van der Waals surface area contributed by atoms with Gasteiger partial charge in [0.2, 0.25) is 0 Å². The van der Waals surface area contributed by atoms with Gasteiger partial charge in [0.05, 0.1) is 11.0 Å². The summed E-state index contributed by atoms with van der Waals surface area (Å²) in [5.74, 6) is 0.513. The van der Waals surface area contributed by atoms with Gasteiger partial charge < -0.3 is 4.57 Å². The van der Waals surface area contributed by atoms with Crippen molar-refractivity contribution in [2.24, 2.45) is 0 Å². The van der Waals surface area contributed by atoms with Gasteiger partial charge in [-0.2, -0.15) is 0 Å². The minimum absolute atomic E-state index is 0.0381. The van der Waals surface area contributed by atoms with Gasteiger partial charge in [-0.05, 0) is 95.8 Å². The first-order valence-electron chi connectivity index (χ1n) is 15.4. The molecule has 3 aliphatic carbocycles. The zero-order valence-corrected chi connectivity index (χ0v) is 25.0. The van der Waals surface area contributed by atoms with Crippen LogP contribution in [0.1, 0.15) is 66.8 Å². The van der Waals surface area contributed by atoms with Crippen LogP contribution in [0.4, 0.5) is 0 Å². The van der Waals surface area contributed by atoms with Crippen LogP contribution in [0.15, 0.2) is 115 Å². The third-order valence-electron chi connectivity index (χ3n) is 10.3. The van der Waals surface area contributed by atoms with Crippen molar-refractivity contribution in [1.29, 1.82) is 0 Å². The minimum Gasteiger partial charge on any atom is -0.313 e. The second kappa shape index (κ2) is 9.33. The molecule has 0 saturated carbocycles. The molecule has 1 nitrogen and oxygen atoms in total. The zero-order chi connectivity index (χ0) is 28.6. The molecule has 8 rings (SSSR count). The summed E-state index contributed by atoms with van der Waals surface area (Å²) < 4.78 is 2.53. The van der Waals surface area contributed by atoms with Crippen molar-refractivity contribution < 1.29 is 0 Å². The van der Waals surface area contributed by atoms with E-state index in [1.54, 1.807) is 5.57 Å². The lowest BCUT2D eigenvalue weighted by atomic mass is 9.77. The van der Waals surface area contributed by atoms with Crippen molar-refractivity contribution in [2.45, 2.75) is 58.3 Å². The Morgan fingerprint density at radius 1 is 0.762 bits per heavy atom. The molecule has 1 heterocycles. The number of benzene rings is 4. The van der Waals surface area contributed by atoms with E-state index in [0.29, 0.717) is 5.92 Å². The highest BCUT2D eigenvalue weighted by atomic mass is 15.0. The van der Waals surface area contributed by atoms with E-state index >= 15 is 0 Å². The van der Waals surface area contributed by atoms with Gasteiger partial charge in [-0.25, -0.2) is 0 Å². The molecule has 42 heavy (non-hydrogen) atoms. The predicted molar refractivity (Wildman–Crippen MR) is 180 cm³/mol. The van der Waals surface area contributed by atoms with Gasteiger partial charge in [-0.15, -0.1) is 0 Å². The summed E-state index contributed by atoms with van der Waals surface area (Å²) in [4.78, 5) is 0. The lowest BCUT2D eigenvalue weighted by molar-refractivity contribution is 0.610. The largest absolute Gasteiger partial charge is 0.313 e. The van der Waals surface area contributed by atoms with Crippen molar-refractivity contribution in [1.82, 2.24) is 4.57 Å². The van der Waals surface area contributed by atoms with Crippen molar-refractivity contribution in [3.05, 3.63) is 143 Å². The third kappa shape index (κ3) is 3.56. The standard InChI is InChI=1S/C41H37N/c1-26-18-25-37-39(38(26)31-23-24-33-32-14-8-10-16-35(32)41(3,4)40(33)27(31)2)34-15-9-11-17-36(34)42(37)30-21-19-29(20-22-30)28-12-6-5-7-13-28/h5-13,15-19,21,23-25,32H,14,20,22H2,1-4H3. The molecule has 0 spiro atoms. The number of allylic oxidation sites excluding steroid dienone is 8. The Morgan fingerprint density at radius 2 is 1.57 bits per heavy atom. The van der Waals surface area contributed by atoms with Crippen molar-refractivity contribution in [3.8, 4) is 11.1 Å². The number of aromatic nitrogens is 1. The second-order valence-corrected chi connectivity index (χ2v) is 12.9. The van der Waals surface area contributed by atoms with Crippen LogP contribution >= 0.6 is 0 Å². The monoisotopic (exact) mass is 543 g/mol. The van der Waals surface area contributed by atoms with Crippen LogP contribution in [0.2, 0.25) is 0 Å². The number of hydrogen-bond acceptors (Lipinski definition) is 0. The zero-order valence-electron chi connectivity index (χ0n) is 25.0. The quantitative estimate of drug-likeness (QED) is 0.213. The average Bonchev–Trinajstić information content (AvgIpc) is 3.48. The first kappa shape index (κ1) is 25.4. The summed E-state index contributed by atoms with van der Waals surface area (Å²) in [7, 11) is 0. The van der Waals surface area contributed by atoms with E-state index in [1.807, 2.05) is 0 Å². The van der Waals surface area contributed by atoms with Crippen LogP contribution < -0.4 is 0 Å². The van der Waals surface area contributed by atoms with E-state index in [2.05, 4.69) is 142 Å². The Balaban J connectivity index is 1.35. The summed E-state index contributed by atoms with van der Waals surface area (Å²) >= 11 is 0. The molecule has 3 aliphatic rings. The molecule has 1 unspecified atom stereocenters. The highest BCUT2D eigenvalue weighted by Gasteiger charge is 2.43. The fraction of sp³-hybridized carbons (Fsp3) is 0.220. The minimum atomic E-state index is 0.0381. The Hall–Kier alpha value is -4.36. The van der Waals surface area contributed by atoms with Crippen LogP contribution in [0.5, 0.6) is 0 Å². The molecule has 0 saturated heterocycles. The maximum absolute atomic E-state index is 2.53. The fourth-order valence-electron chi connectivity index (χ4n) is 8.36. The Labute approximate surface area is 249 Å². The number of para-hydroxylation sites is 1. The average molecular weight is 544 g/mol. The molecule has 1 atom stereocenters. The topological polar surface area (TPSA) is 4.93 Å². The van der Waals surface area contributed by atoms with Crippen LogP contribution in [0, 0.1) is 13.8 Å². The fourth-order valence-corrected chi connectivity index (χ4v) is 8.36. The van der Waals surface area contributed by atoms with E-state index in [-0.39, 0.29) is 5.41 Å². The van der Waals surface area contributed by atoms with Gasteiger partial charge in [0.15, 0.2) is 0 Å². The SMILES string of the molecule is Cc1ccc2c(c1-c1ccc3c(c1C)C(C)(C)C1=CC=CCC13)c1ccccc1n2C1=CC=C(c2ccccc2)CC1. The molecule has 1 aromatic heterocycles. The van der Waals surface area contributed by atoms with Gasteiger partial charge in [0, 0.05) is 27.8 Å². The van der Waals surface area contributed by atoms with Crippen molar-refractivity contribution >= 4 is 33.1 Å². The van der Waals surface area contributed by atoms with Gasteiger partial charge in [-0.1, -0.05) is 110 Å². The molecule has 0 aliphatic heterocycles. The molecule has 0 fully saturated rings. The summed E-state index contributed by atoms with van der Waals surface area (Å²) in [6.07, 6.45) is 14.8. The molecule has 1 heteroatoms. The molecule has 0 amide bonds. The molecule has 4 aromatic carbocycles. The smallest absolute Gasteiger partial charge is 0.0544 e. The molecular weight excluding hydrogens is 506 g/mol.